The van der Waals surface area contributed by atoms with Crippen molar-refractivity contribution in [1.29, 1.82) is 0 Å². The van der Waals surface area contributed by atoms with Crippen LogP contribution in [0.25, 0.3) is 0 Å². The summed E-state index contributed by atoms with van der Waals surface area (Å²) in [5.41, 5.74) is 4.56. The van der Waals surface area contributed by atoms with Crippen LogP contribution in [0.1, 0.15) is 35.2 Å². The summed E-state index contributed by atoms with van der Waals surface area (Å²) in [5.74, 6) is -0.227. The van der Waals surface area contributed by atoms with E-state index in [0.29, 0.717) is 4.47 Å². The van der Waals surface area contributed by atoms with Crippen molar-refractivity contribution < 1.29 is 4.39 Å². The minimum Gasteiger partial charge on any atom is -0.306 e. The van der Waals surface area contributed by atoms with Gasteiger partial charge < -0.3 is 5.32 Å². The van der Waals surface area contributed by atoms with Crippen molar-refractivity contribution in [3.63, 3.8) is 0 Å². The number of nitrogens with one attached hydrogen (secondary N) is 1. The van der Waals surface area contributed by atoms with E-state index < -0.39 is 0 Å². The Morgan fingerprint density at radius 1 is 1.15 bits per heavy atom. The Kier molecular flexibility index (Phi) is 4.95. The zero-order chi connectivity index (χ0) is 14.7. The smallest absolute Gasteiger partial charge is 0.137 e. The zero-order valence-electron chi connectivity index (χ0n) is 12.0. The van der Waals surface area contributed by atoms with Crippen molar-refractivity contribution in [2.24, 2.45) is 0 Å². The van der Waals surface area contributed by atoms with Crippen LogP contribution < -0.4 is 5.32 Å². The molecule has 1 unspecified atom stereocenters. The van der Waals surface area contributed by atoms with Crippen LogP contribution in [-0.2, 0) is 0 Å². The molecule has 3 heteroatoms. The van der Waals surface area contributed by atoms with Crippen LogP contribution in [0.5, 0.6) is 0 Å². The van der Waals surface area contributed by atoms with Crippen LogP contribution in [0.2, 0.25) is 0 Å². The normalized spacial score (nSPS) is 12.4. The summed E-state index contributed by atoms with van der Waals surface area (Å²) in [7, 11) is 0. The van der Waals surface area contributed by atoms with E-state index in [2.05, 4.69) is 60.2 Å². The molecule has 0 aliphatic rings. The average molecular weight is 336 g/mol. The highest BCUT2D eigenvalue weighted by atomic mass is 79.9. The molecule has 0 aliphatic carbocycles. The molecule has 0 bridgehead atoms. The molecular formula is C17H19BrFN. The quantitative estimate of drug-likeness (QED) is 0.837. The van der Waals surface area contributed by atoms with Crippen LogP contribution in [0.3, 0.4) is 0 Å². The molecule has 0 amide bonds. The molecule has 20 heavy (non-hydrogen) atoms. The molecule has 0 aromatic heterocycles. The number of aryl methyl sites for hydroxylation is 2. The third-order valence-corrected chi connectivity index (χ3v) is 4.27. The number of hydrogen-bond acceptors (Lipinski definition) is 1. The summed E-state index contributed by atoms with van der Waals surface area (Å²) < 4.78 is 14.3. The summed E-state index contributed by atoms with van der Waals surface area (Å²) in [6.45, 7) is 7.06. The van der Waals surface area contributed by atoms with Gasteiger partial charge in [0.05, 0.1) is 10.5 Å². The number of rotatable bonds is 4. The second kappa shape index (κ2) is 6.51. The van der Waals surface area contributed by atoms with E-state index in [9.17, 15) is 4.39 Å². The minimum absolute atomic E-state index is 0.00863. The maximum Gasteiger partial charge on any atom is 0.137 e. The Labute approximate surface area is 128 Å². The van der Waals surface area contributed by atoms with Gasteiger partial charge in [-0.15, -0.1) is 0 Å². The molecule has 0 fully saturated rings. The van der Waals surface area contributed by atoms with Gasteiger partial charge in [0.2, 0.25) is 0 Å². The zero-order valence-corrected chi connectivity index (χ0v) is 13.6. The molecule has 1 N–H and O–H groups in total. The Hall–Kier alpha value is -1.19. The fraction of sp³-hybridized carbons (Fsp3) is 0.294. The first-order chi connectivity index (χ1) is 9.54. The lowest BCUT2D eigenvalue weighted by Crippen LogP contribution is -2.23. The molecule has 106 valence electrons. The Balaban J connectivity index is 2.53. The first kappa shape index (κ1) is 15.2. The predicted molar refractivity (Wildman–Crippen MR) is 85.5 cm³/mol. The monoisotopic (exact) mass is 335 g/mol. The molecule has 0 radical (unpaired) electrons. The van der Waals surface area contributed by atoms with Crippen LogP contribution in [0.4, 0.5) is 4.39 Å². The lowest BCUT2D eigenvalue weighted by molar-refractivity contribution is 0.594. The van der Waals surface area contributed by atoms with Crippen LogP contribution >= 0.6 is 15.9 Å². The molecule has 2 rings (SSSR count). The van der Waals surface area contributed by atoms with Gasteiger partial charge >= 0.3 is 0 Å². The van der Waals surface area contributed by atoms with Crippen LogP contribution in [0, 0.1) is 19.7 Å². The van der Waals surface area contributed by atoms with Gasteiger partial charge in [0.25, 0.3) is 0 Å². The molecule has 2 aromatic carbocycles. The van der Waals surface area contributed by atoms with Crippen molar-refractivity contribution >= 4 is 15.9 Å². The van der Waals surface area contributed by atoms with E-state index >= 15 is 0 Å². The fourth-order valence-corrected chi connectivity index (χ4v) is 2.98. The van der Waals surface area contributed by atoms with Gasteiger partial charge in [0, 0.05) is 0 Å². The van der Waals surface area contributed by atoms with E-state index in [1.54, 1.807) is 6.07 Å². The molecule has 1 nitrogen and oxygen atoms in total. The van der Waals surface area contributed by atoms with Gasteiger partial charge in [0.1, 0.15) is 5.82 Å². The van der Waals surface area contributed by atoms with Crippen molar-refractivity contribution in [3.05, 3.63) is 68.9 Å². The summed E-state index contributed by atoms with van der Waals surface area (Å²) in [6.07, 6.45) is 0. The Morgan fingerprint density at radius 2 is 1.90 bits per heavy atom. The topological polar surface area (TPSA) is 12.0 Å². The third kappa shape index (κ3) is 3.10. The second-order valence-corrected chi connectivity index (χ2v) is 5.79. The minimum atomic E-state index is -0.227. The van der Waals surface area contributed by atoms with Gasteiger partial charge in [-0.2, -0.15) is 0 Å². The molecular weight excluding hydrogens is 317 g/mol. The van der Waals surface area contributed by atoms with Crippen LogP contribution in [0.15, 0.2) is 40.9 Å². The van der Waals surface area contributed by atoms with Gasteiger partial charge in [-0.05, 0) is 59.1 Å². The standard InChI is InChI=1S/C17H19BrFN/c1-4-20-17(13-9-8-11(2)10-12(13)3)14-6-5-7-15(19)16(14)18/h5-10,17,20H,4H2,1-3H3. The second-order valence-electron chi connectivity index (χ2n) is 4.99. The maximum absolute atomic E-state index is 13.8. The van der Waals surface area contributed by atoms with E-state index in [-0.39, 0.29) is 11.9 Å². The maximum atomic E-state index is 13.8. The van der Waals surface area contributed by atoms with E-state index in [4.69, 9.17) is 0 Å². The largest absolute Gasteiger partial charge is 0.306 e. The molecule has 0 heterocycles. The van der Waals surface area contributed by atoms with Crippen LogP contribution in [-0.4, -0.2) is 6.54 Å². The summed E-state index contributed by atoms with van der Waals surface area (Å²) >= 11 is 3.37. The van der Waals surface area contributed by atoms with E-state index in [1.165, 1.54) is 22.8 Å². The lowest BCUT2D eigenvalue weighted by Gasteiger charge is -2.22. The Morgan fingerprint density at radius 3 is 2.55 bits per heavy atom. The van der Waals surface area contributed by atoms with Gasteiger partial charge in [-0.3, -0.25) is 0 Å². The molecule has 0 spiro atoms. The lowest BCUT2D eigenvalue weighted by atomic mass is 9.93. The van der Waals surface area contributed by atoms with Gasteiger partial charge in [0.15, 0.2) is 0 Å². The number of hydrogen-bond donors (Lipinski definition) is 1. The summed E-state index contributed by atoms with van der Waals surface area (Å²) in [5, 5.41) is 3.45. The fourth-order valence-electron chi connectivity index (χ4n) is 2.48. The van der Waals surface area contributed by atoms with Gasteiger partial charge in [-0.25, -0.2) is 4.39 Å². The molecule has 1 atom stereocenters. The summed E-state index contributed by atoms with van der Waals surface area (Å²) in [4.78, 5) is 0. The van der Waals surface area contributed by atoms with Crippen molar-refractivity contribution in [2.75, 3.05) is 6.54 Å². The SMILES string of the molecule is CCNC(c1ccc(C)cc1C)c1cccc(F)c1Br. The van der Waals surface area contributed by atoms with Crippen molar-refractivity contribution in [1.82, 2.24) is 5.32 Å². The first-order valence-electron chi connectivity index (χ1n) is 6.79. The first-order valence-corrected chi connectivity index (χ1v) is 7.58. The molecule has 0 saturated heterocycles. The van der Waals surface area contributed by atoms with Crippen molar-refractivity contribution in [3.8, 4) is 0 Å². The molecule has 2 aromatic rings. The third-order valence-electron chi connectivity index (χ3n) is 3.44. The Bertz CT molecular complexity index is 610. The highest BCUT2D eigenvalue weighted by Crippen LogP contribution is 2.32. The number of halogens is 2. The van der Waals surface area contributed by atoms with E-state index in [0.717, 1.165) is 12.1 Å². The molecule has 0 aliphatic heterocycles. The average Bonchev–Trinajstić information content (AvgIpc) is 2.40. The van der Waals surface area contributed by atoms with Crippen molar-refractivity contribution in [2.45, 2.75) is 26.8 Å². The molecule has 0 saturated carbocycles. The number of benzene rings is 2. The van der Waals surface area contributed by atoms with E-state index in [1.807, 2.05) is 6.07 Å². The highest BCUT2D eigenvalue weighted by Gasteiger charge is 2.19. The highest BCUT2D eigenvalue weighted by molar-refractivity contribution is 9.10. The predicted octanol–water partition coefficient (Wildman–Crippen LogP) is 4.90. The summed E-state index contributed by atoms with van der Waals surface area (Å²) in [6, 6.07) is 11.6. The van der Waals surface area contributed by atoms with Gasteiger partial charge in [-0.1, -0.05) is 42.8 Å².